The maximum Gasteiger partial charge on any atom is 0.253 e. The number of piperazine rings is 1. The van der Waals surface area contributed by atoms with Crippen LogP contribution in [-0.4, -0.2) is 62.8 Å². The molecule has 0 spiro atoms. The van der Waals surface area contributed by atoms with Gasteiger partial charge in [0.05, 0.1) is 4.90 Å². The number of benzene rings is 3. The zero-order chi connectivity index (χ0) is 24.0. The predicted octanol–water partition coefficient (Wildman–Crippen LogP) is 3.49. The Bertz CT molecular complexity index is 1310. The molecule has 1 N–H and O–H groups in total. The monoisotopic (exact) mass is 475 g/mol. The van der Waals surface area contributed by atoms with Crippen molar-refractivity contribution in [1.29, 1.82) is 0 Å². The summed E-state index contributed by atoms with van der Waals surface area (Å²) in [5.74, 6) is 0.159. The second-order valence-corrected chi connectivity index (χ2v) is 11.1. The van der Waals surface area contributed by atoms with Crippen LogP contribution in [0.3, 0.4) is 0 Å². The fourth-order valence-electron chi connectivity index (χ4n) is 5.25. The number of amides is 1. The number of nitrogens with zero attached hydrogens (tertiary/aromatic N) is 2. The minimum atomic E-state index is -3.54. The van der Waals surface area contributed by atoms with Crippen LogP contribution in [0.15, 0.2) is 77.7 Å². The molecule has 2 heterocycles. The number of hydrogen-bond donors (Lipinski definition) is 1. The van der Waals surface area contributed by atoms with E-state index in [1.165, 1.54) is 0 Å². The highest BCUT2D eigenvalue weighted by Crippen LogP contribution is 2.46. The molecule has 3 aromatic rings. The summed E-state index contributed by atoms with van der Waals surface area (Å²) in [5, 5.41) is 3.37. The Hall–Kier alpha value is -3.00. The Balaban J connectivity index is 1.37. The third-order valence-electron chi connectivity index (χ3n) is 7.01. The lowest BCUT2D eigenvalue weighted by Crippen LogP contribution is -2.73. The highest BCUT2D eigenvalue weighted by molar-refractivity contribution is 7.89. The molecule has 0 aromatic heterocycles. The topological polar surface area (TPSA) is 69.7 Å². The lowest BCUT2D eigenvalue weighted by molar-refractivity contribution is 0.0370. The van der Waals surface area contributed by atoms with Crippen LogP contribution in [0.1, 0.15) is 27.4 Å². The van der Waals surface area contributed by atoms with Crippen LogP contribution >= 0.6 is 0 Å². The lowest BCUT2D eigenvalue weighted by Gasteiger charge is -2.58. The van der Waals surface area contributed by atoms with Gasteiger partial charge in [-0.3, -0.25) is 4.79 Å². The first-order valence-electron chi connectivity index (χ1n) is 11.5. The number of piperidine rings is 1. The van der Waals surface area contributed by atoms with Crippen LogP contribution in [-0.2, 0) is 10.0 Å². The largest absolute Gasteiger partial charge is 0.345 e. The van der Waals surface area contributed by atoms with Gasteiger partial charge in [-0.1, -0.05) is 54.6 Å². The van der Waals surface area contributed by atoms with E-state index < -0.39 is 10.0 Å². The average molecular weight is 476 g/mol. The molecule has 2 aliphatic rings. The molecule has 1 amide bonds. The molecule has 0 radical (unpaired) electrons. The maximum atomic E-state index is 13.5. The van der Waals surface area contributed by atoms with Gasteiger partial charge in [0.1, 0.15) is 0 Å². The van der Waals surface area contributed by atoms with E-state index in [-0.39, 0.29) is 23.9 Å². The van der Waals surface area contributed by atoms with Gasteiger partial charge in [-0.05, 0) is 47.4 Å². The Morgan fingerprint density at radius 3 is 2.00 bits per heavy atom. The molecule has 2 saturated heterocycles. The average Bonchev–Trinajstić information content (AvgIpc) is 2.84. The van der Waals surface area contributed by atoms with Crippen molar-refractivity contribution in [3.8, 4) is 11.1 Å². The van der Waals surface area contributed by atoms with Crippen LogP contribution in [0.2, 0.25) is 0 Å². The first-order valence-corrected chi connectivity index (χ1v) is 12.9. The maximum absolute atomic E-state index is 13.5. The zero-order valence-corrected chi connectivity index (χ0v) is 20.4. The van der Waals surface area contributed by atoms with Crippen LogP contribution in [0, 0.1) is 6.92 Å². The van der Waals surface area contributed by atoms with E-state index in [9.17, 15) is 13.2 Å². The van der Waals surface area contributed by atoms with Gasteiger partial charge in [-0.15, -0.1) is 0 Å². The summed E-state index contributed by atoms with van der Waals surface area (Å²) >= 11 is 0. The van der Waals surface area contributed by atoms with Crippen molar-refractivity contribution in [2.75, 3.05) is 27.2 Å². The van der Waals surface area contributed by atoms with Crippen LogP contribution in [0.25, 0.3) is 11.1 Å². The molecule has 0 aliphatic carbocycles. The molecule has 7 heteroatoms. The summed E-state index contributed by atoms with van der Waals surface area (Å²) in [4.78, 5) is 14.1. The van der Waals surface area contributed by atoms with Gasteiger partial charge in [0, 0.05) is 50.7 Å². The number of hydrogen-bond acceptors (Lipinski definition) is 4. The number of fused-ring (bicyclic) bond motifs is 2. The van der Waals surface area contributed by atoms with Crippen molar-refractivity contribution in [3.05, 3.63) is 89.5 Å². The molecular formula is C27H29N3O3S. The van der Waals surface area contributed by atoms with Crippen molar-refractivity contribution < 1.29 is 13.2 Å². The van der Waals surface area contributed by atoms with Gasteiger partial charge in [-0.25, -0.2) is 8.42 Å². The number of nitrogens with one attached hydrogen (secondary N) is 1. The molecule has 6 nitrogen and oxygen atoms in total. The van der Waals surface area contributed by atoms with Crippen molar-refractivity contribution in [2.45, 2.75) is 29.8 Å². The summed E-state index contributed by atoms with van der Waals surface area (Å²) in [6.45, 7) is 3.14. The molecule has 5 rings (SSSR count). The van der Waals surface area contributed by atoms with Gasteiger partial charge in [-0.2, -0.15) is 4.31 Å². The van der Waals surface area contributed by atoms with Gasteiger partial charge in [0.15, 0.2) is 0 Å². The van der Waals surface area contributed by atoms with Crippen molar-refractivity contribution in [1.82, 2.24) is 14.5 Å². The molecule has 1 unspecified atom stereocenters. The van der Waals surface area contributed by atoms with E-state index in [1.807, 2.05) is 43.3 Å². The molecule has 3 atom stereocenters. The van der Waals surface area contributed by atoms with Crippen molar-refractivity contribution in [2.24, 2.45) is 0 Å². The van der Waals surface area contributed by atoms with E-state index in [1.54, 1.807) is 35.4 Å². The van der Waals surface area contributed by atoms with Gasteiger partial charge in [0.2, 0.25) is 10.0 Å². The quantitative estimate of drug-likeness (QED) is 0.613. The van der Waals surface area contributed by atoms with E-state index >= 15 is 0 Å². The standard InChI is InChI=1S/C27H29N3O3S/c1-18-6-4-5-7-25(18)34(32,33)30-23-16-28-17-24(30)26(23)21-12-8-19(9-13-21)20-10-14-22(15-11-20)27(31)29(2)3/h4-15,23-24,26,28H,16-17H2,1-3H3/t23-,24+,26?. The van der Waals surface area contributed by atoms with E-state index in [2.05, 4.69) is 29.6 Å². The van der Waals surface area contributed by atoms with E-state index in [0.29, 0.717) is 23.5 Å². The van der Waals surface area contributed by atoms with E-state index in [4.69, 9.17) is 0 Å². The minimum absolute atomic E-state index is 0.0164. The summed E-state index contributed by atoms with van der Waals surface area (Å²) in [6.07, 6.45) is 0. The van der Waals surface area contributed by atoms with Gasteiger partial charge in [0.25, 0.3) is 5.91 Å². The van der Waals surface area contributed by atoms with Gasteiger partial charge < -0.3 is 10.2 Å². The molecule has 2 aliphatic heterocycles. The summed E-state index contributed by atoms with van der Waals surface area (Å²) in [7, 11) is -0.0517. The predicted molar refractivity (Wildman–Crippen MR) is 133 cm³/mol. The SMILES string of the molecule is Cc1ccccc1S(=O)(=O)N1[C@@H]2CNC[C@H]1C2c1ccc(-c2ccc(C(=O)N(C)C)cc2)cc1. The third kappa shape index (κ3) is 3.74. The Morgan fingerprint density at radius 2 is 1.44 bits per heavy atom. The van der Waals surface area contributed by atoms with Crippen LogP contribution in [0.5, 0.6) is 0 Å². The molecular weight excluding hydrogens is 446 g/mol. The first kappa shape index (κ1) is 22.8. The molecule has 34 heavy (non-hydrogen) atoms. The van der Waals surface area contributed by atoms with Crippen molar-refractivity contribution >= 4 is 15.9 Å². The minimum Gasteiger partial charge on any atom is -0.345 e. The number of carbonyl (C=O) groups excluding carboxylic acids is 1. The zero-order valence-electron chi connectivity index (χ0n) is 19.6. The first-order chi connectivity index (χ1) is 16.3. The molecule has 2 fully saturated rings. The molecule has 0 saturated carbocycles. The highest BCUT2D eigenvalue weighted by atomic mass is 32.2. The second kappa shape index (κ2) is 8.65. The van der Waals surface area contributed by atoms with Crippen molar-refractivity contribution in [3.63, 3.8) is 0 Å². The molecule has 2 bridgehead atoms. The summed E-state index contributed by atoms with van der Waals surface area (Å²) in [6, 6.07) is 23.0. The molecule has 3 aromatic carbocycles. The fraction of sp³-hybridized carbons (Fsp3) is 0.296. The number of rotatable bonds is 5. The Kier molecular flexibility index (Phi) is 5.80. The van der Waals surface area contributed by atoms with Crippen LogP contribution in [0.4, 0.5) is 0 Å². The fourth-order valence-corrected chi connectivity index (χ4v) is 7.33. The third-order valence-corrected chi connectivity index (χ3v) is 9.12. The Morgan fingerprint density at radius 1 is 0.882 bits per heavy atom. The number of aryl methyl sites for hydroxylation is 1. The number of sulfonamides is 1. The normalized spacial score (nSPS) is 22.1. The van der Waals surface area contributed by atoms with Crippen LogP contribution < -0.4 is 5.32 Å². The lowest BCUT2D eigenvalue weighted by atomic mass is 9.74. The Labute approximate surface area is 201 Å². The molecule has 176 valence electrons. The van der Waals surface area contributed by atoms with E-state index in [0.717, 1.165) is 22.3 Å². The summed E-state index contributed by atoms with van der Waals surface area (Å²) in [5.41, 5.74) is 4.71. The second-order valence-electron chi connectivity index (χ2n) is 9.32. The summed E-state index contributed by atoms with van der Waals surface area (Å²) < 4.78 is 28.6. The van der Waals surface area contributed by atoms with Gasteiger partial charge >= 0.3 is 0 Å². The smallest absolute Gasteiger partial charge is 0.253 e. The number of carbonyl (C=O) groups is 1. The highest BCUT2D eigenvalue weighted by Gasteiger charge is 2.56.